The molecule has 36 heavy (non-hydrogen) atoms. The number of hydrogen-bond acceptors (Lipinski definition) is 6. The van der Waals surface area contributed by atoms with Crippen LogP contribution in [-0.4, -0.2) is 66.5 Å². The smallest absolute Gasteiger partial charge is 0.300 e. The van der Waals surface area contributed by atoms with E-state index in [1.54, 1.807) is 14.2 Å². The molecule has 4 rings (SSSR count). The molecule has 1 aliphatic heterocycles. The number of carbonyl (C=O) groups is 2. The van der Waals surface area contributed by atoms with E-state index in [4.69, 9.17) is 30.5 Å². The molecule has 0 unspecified atom stereocenters. The third-order valence-electron chi connectivity index (χ3n) is 5.80. The zero-order valence-electron chi connectivity index (χ0n) is 20.8. The number of nitrogens with one attached hydrogen (secondary N) is 1. The molecule has 0 spiro atoms. The molecule has 1 saturated heterocycles. The topological polar surface area (TPSA) is 129 Å². The number of piperazine rings is 1. The van der Waals surface area contributed by atoms with Gasteiger partial charge in [0, 0.05) is 44.7 Å². The number of nitrogen functional groups attached to an aromatic ring is 1. The van der Waals surface area contributed by atoms with Crippen LogP contribution in [0.5, 0.6) is 11.5 Å². The van der Waals surface area contributed by atoms with E-state index >= 15 is 0 Å². The number of ether oxygens (including phenoxy) is 2. The number of hydrogen-bond donors (Lipinski definition) is 3. The Morgan fingerprint density at radius 2 is 1.58 bits per heavy atom. The minimum atomic E-state index is -0.833. The number of carboxylic acids is 1. The van der Waals surface area contributed by atoms with E-state index in [1.165, 1.54) is 0 Å². The molecule has 190 valence electrons. The summed E-state index contributed by atoms with van der Waals surface area (Å²) in [6.07, 6.45) is 0. The lowest BCUT2D eigenvalue weighted by atomic mass is 10.0. The summed E-state index contributed by atoms with van der Waals surface area (Å²) in [5, 5.41) is 17.2. The Bertz CT molecular complexity index is 1230. The number of amides is 1. The van der Waals surface area contributed by atoms with Gasteiger partial charge in [-0.3, -0.25) is 19.9 Å². The van der Waals surface area contributed by atoms with E-state index < -0.39 is 5.97 Å². The van der Waals surface area contributed by atoms with Crippen LogP contribution in [-0.2, 0) is 22.7 Å². The molecule has 0 aromatic heterocycles. The second kappa shape index (κ2) is 12.0. The van der Waals surface area contributed by atoms with Gasteiger partial charge in [-0.15, -0.1) is 0 Å². The number of rotatable bonds is 7. The van der Waals surface area contributed by atoms with Crippen LogP contribution < -0.4 is 15.2 Å². The molecule has 9 heteroatoms. The summed E-state index contributed by atoms with van der Waals surface area (Å²) >= 11 is 0. The highest BCUT2D eigenvalue weighted by molar-refractivity contribution is 5.99. The molecule has 9 nitrogen and oxygen atoms in total. The number of methoxy groups -OCH3 is 2. The number of benzene rings is 3. The first-order valence-electron chi connectivity index (χ1n) is 11.5. The van der Waals surface area contributed by atoms with Crippen LogP contribution in [0.1, 0.15) is 23.6 Å². The molecule has 0 atom stereocenters. The zero-order valence-corrected chi connectivity index (χ0v) is 20.8. The van der Waals surface area contributed by atoms with Gasteiger partial charge < -0.3 is 25.2 Å². The highest BCUT2D eigenvalue weighted by Gasteiger charge is 2.24. The number of carbonyl (C=O) groups excluding carboxylic acids is 1. The van der Waals surface area contributed by atoms with Crippen molar-refractivity contribution < 1.29 is 24.2 Å². The summed E-state index contributed by atoms with van der Waals surface area (Å²) in [5.74, 6) is 0.773. The maximum Gasteiger partial charge on any atom is 0.300 e. The van der Waals surface area contributed by atoms with Crippen molar-refractivity contribution in [1.29, 1.82) is 5.41 Å². The summed E-state index contributed by atoms with van der Waals surface area (Å²) in [4.78, 5) is 25.9. The Hall–Kier alpha value is -4.11. The van der Waals surface area contributed by atoms with Crippen molar-refractivity contribution in [1.82, 2.24) is 9.80 Å². The number of nitrogens with two attached hydrogens (primary N) is 1. The zero-order chi connectivity index (χ0) is 26.2. The number of aliphatic carboxylic acids is 1. The highest BCUT2D eigenvalue weighted by Crippen LogP contribution is 2.24. The molecule has 4 N–H and O–H groups in total. The molecule has 1 heterocycles. The monoisotopic (exact) mass is 492 g/mol. The van der Waals surface area contributed by atoms with E-state index in [1.807, 2.05) is 41.3 Å². The van der Waals surface area contributed by atoms with E-state index in [2.05, 4.69) is 23.1 Å². The van der Waals surface area contributed by atoms with Gasteiger partial charge in [0.05, 0.1) is 20.8 Å². The van der Waals surface area contributed by atoms with Gasteiger partial charge in [-0.2, -0.15) is 0 Å². The Balaban J connectivity index is 0.000000840. The number of nitrogens with zero attached hydrogens (tertiary/aromatic N) is 2. The lowest BCUT2D eigenvalue weighted by molar-refractivity contribution is -0.137. The van der Waals surface area contributed by atoms with Crippen LogP contribution in [0, 0.1) is 5.41 Å². The largest absolute Gasteiger partial charge is 0.497 e. The van der Waals surface area contributed by atoms with Crippen LogP contribution in [0.3, 0.4) is 0 Å². The van der Waals surface area contributed by atoms with Gasteiger partial charge in [-0.05, 0) is 46.2 Å². The summed E-state index contributed by atoms with van der Waals surface area (Å²) in [5.41, 5.74) is 8.46. The summed E-state index contributed by atoms with van der Waals surface area (Å²) in [7, 11) is 3.24. The van der Waals surface area contributed by atoms with E-state index in [0.29, 0.717) is 31.7 Å². The maximum absolute atomic E-state index is 12.8. The van der Waals surface area contributed by atoms with Crippen molar-refractivity contribution in [3.8, 4) is 11.5 Å². The molecule has 0 saturated carbocycles. The quantitative estimate of drug-likeness (QED) is 0.341. The standard InChI is InChI=1S/C25H28N4O3.C2H4O2/c1-31-22-10-18(11-23(13-22)32-2)15-29-8-7-28(16-24(29)30)14-17-3-4-19-5-6-20(25(26)27)12-21(19)9-17;1-2(3)4/h3-6,9-13H,7-8,14-16H2,1-2H3,(H3,26,27);1H3,(H,3,4). The minimum Gasteiger partial charge on any atom is -0.497 e. The van der Waals surface area contributed by atoms with Crippen LogP contribution in [0.15, 0.2) is 54.6 Å². The Kier molecular flexibility index (Phi) is 8.86. The van der Waals surface area contributed by atoms with Gasteiger partial charge in [0.2, 0.25) is 5.91 Å². The van der Waals surface area contributed by atoms with Gasteiger partial charge in [-0.1, -0.05) is 24.3 Å². The molecule has 1 amide bonds. The van der Waals surface area contributed by atoms with E-state index in [-0.39, 0.29) is 11.7 Å². The minimum absolute atomic E-state index is 0.0627. The lowest BCUT2D eigenvalue weighted by Crippen LogP contribution is -2.49. The lowest BCUT2D eigenvalue weighted by Gasteiger charge is -2.34. The van der Waals surface area contributed by atoms with Gasteiger partial charge >= 0.3 is 0 Å². The molecule has 1 fully saturated rings. The second-order valence-corrected chi connectivity index (χ2v) is 8.58. The predicted octanol–water partition coefficient (Wildman–Crippen LogP) is 3.08. The third-order valence-corrected chi connectivity index (χ3v) is 5.80. The summed E-state index contributed by atoms with van der Waals surface area (Å²) in [6, 6.07) is 17.8. The van der Waals surface area contributed by atoms with Crippen molar-refractivity contribution in [2.45, 2.75) is 20.0 Å². The average molecular weight is 493 g/mol. The van der Waals surface area contributed by atoms with Gasteiger partial charge in [0.15, 0.2) is 0 Å². The van der Waals surface area contributed by atoms with Crippen LogP contribution in [0.2, 0.25) is 0 Å². The molecule has 1 aliphatic rings. The molecule has 0 aliphatic carbocycles. The maximum atomic E-state index is 12.8. The second-order valence-electron chi connectivity index (χ2n) is 8.58. The highest BCUT2D eigenvalue weighted by atomic mass is 16.5. The van der Waals surface area contributed by atoms with Gasteiger partial charge in [0.1, 0.15) is 17.3 Å². The van der Waals surface area contributed by atoms with Crippen LogP contribution in [0.4, 0.5) is 0 Å². The number of fused-ring (bicyclic) bond motifs is 1. The fourth-order valence-corrected chi connectivity index (χ4v) is 4.06. The van der Waals surface area contributed by atoms with E-state index in [0.717, 1.165) is 46.9 Å². The first-order chi connectivity index (χ1) is 17.2. The molecule has 0 radical (unpaired) electrons. The first kappa shape index (κ1) is 26.5. The fraction of sp³-hybridized carbons (Fsp3) is 0.296. The summed E-state index contributed by atoms with van der Waals surface area (Å²) in [6.45, 7) is 4.17. The Morgan fingerprint density at radius 3 is 2.17 bits per heavy atom. The molecule has 0 bridgehead atoms. The van der Waals surface area contributed by atoms with Crippen molar-refractivity contribution in [3.63, 3.8) is 0 Å². The molecule has 3 aromatic rings. The molecule has 3 aromatic carbocycles. The first-order valence-corrected chi connectivity index (χ1v) is 11.5. The third kappa shape index (κ3) is 7.19. The molecular formula is C27H32N4O5. The van der Waals surface area contributed by atoms with Crippen LogP contribution >= 0.6 is 0 Å². The van der Waals surface area contributed by atoms with Gasteiger partial charge in [-0.25, -0.2) is 0 Å². The normalized spacial score (nSPS) is 13.6. The fourth-order valence-electron chi connectivity index (χ4n) is 4.06. The Labute approximate surface area is 210 Å². The number of carboxylic acid groups (broad SMARTS) is 1. The van der Waals surface area contributed by atoms with Crippen LogP contribution in [0.25, 0.3) is 10.8 Å². The van der Waals surface area contributed by atoms with Crippen molar-refractivity contribution in [3.05, 3.63) is 71.3 Å². The SMILES string of the molecule is CC(=O)O.COc1cc(CN2CCN(Cc3ccc4ccc(C(=N)N)cc4c3)CC2=O)cc(OC)c1. The Morgan fingerprint density at radius 1 is 0.944 bits per heavy atom. The van der Waals surface area contributed by atoms with Crippen molar-refractivity contribution in [2.24, 2.45) is 5.73 Å². The van der Waals surface area contributed by atoms with Crippen molar-refractivity contribution >= 4 is 28.5 Å². The summed E-state index contributed by atoms with van der Waals surface area (Å²) < 4.78 is 10.7. The van der Waals surface area contributed by atoms with Crippen molar-refractivity contribution in [2.75, 3.05) is 33.9 Å². The predicted molar refractivity (Wildman–Crippen MR) is 139 cm³/mol. The van der Waals surface area contributed by atoms with Gasteiger partial charge in [0.25, 0.3) is 5.97 Å². The average Bonchev–Trinajstić information content (AvgIpc) is 2.84. The molecular weight excluding hydrogens is 460 g/mol. The number of amidine groups is 1. The van der Waals surface area contributed by atoms with E-state index in [9.17, 15) is 4.79 Å².